The van der Waals surface area contributed by atoms with Crippen molar-refractivity contribution in [3.05, 3.63) is 53.0 Å². The zero-order chi connectivity index (χ0) is 19.7. The van der Waals surface area contributed by atoms with Gasteiger partial charge in [-0.25, -0.2) is 23.7 Å². The molecule has 0 saturated heterocycles. The summed E-state index contributed by atoms with van der Waals surface area (Å²) in [6.07, 6.45) is 1.41. The molecule has 3 heterocycles. The van der Waals surface area contributed by atoms with Crippen molar-refractivity contribution >= 4 is 34.0 Å². The minimum Gasteiger partial charge on any atom is -0.462 e. The number of carbonyl (C=O) groups is 1. The lowest BCUT2D eigenvalue weighted by atomic mass is 10.2. The monoisotopic (exact) mass is 398 g/mol. The Morgan fingerprint density at radius 3 is 2.82 bits per heavy atom. The van der Waals surface area contributed by atoms with Gasteiger partial charge in [0.1, 0.15) is 17.2 Å². The molecular formula is C18H15FN6O2S. The lowest BCUT2D eigenvalue weighted by molar-refractivity contribution is 0.0526. The van der Waals surface area contributed by atoms with Crippen LogP contribution < -0.4 is 5.32 Å². The Balaban J connectivity index is 1.69. The summed E-state index contributed by atoms with van der Waals surface area (Å²) in [6, 6.07) is 6.14. The lowest BCUT2D eigenvalue weighted by Gasteiger charge is -2.08. The van der Waals surface area contributed by atoms with Gasteiger partial charge in [-0.3, -0.25) is 0 Å². The van der Waals surface area contributed by atoms with E-state index in [0.29, 0.717) is 10.8 Å². The first kappa shape index (κ1) is 18.0. The molecule has 0 aliphatic carbocycles. The van der Waals surface area contributed by atoms with Crippen molar-refractivity contribution in [3.63, 3.8) is 0 Å². The molecule has 0 fully saturated rings. The van der Waals surface area contributed by atoms with Crippen molar-refractivity contribution in [2.24, 2.45) is 0 Å². The normalized spacial score (nSPS) is 11.0. The van der Waals surface area contributed by atoms with Gasteiger partial charge in [-0.1, -0.05) is 0 Å². The molecule has 0 radical (unpaired) electrons. The Morgan fingerprint density at radius 2 is 2.07 bits per heavy atom. The molecule has 0 amide bonds. The van der Waals surface area contributed by atoms with E-state index in [4.69, 9.17) is 4.74 Å². The zero-order valence-electron chi connectivity index (χ0n) is 15.0. The number of rotatable bonds is 5. The van der Waals surface area contributed by atoms with Crippen molar-refractivity contribution in [2.45, 2.75) is 13.8 Å². The van der Waals surface area contributed by atoms with Gasteiger partial charge >= 0.3 is 5.97 Å². The van der Waals surface area contributed by atoms with Crippen LogP contribution in [0.25, 0.3) is 16.2 Å². The number of esters is 1. The number of hydrogen-bond donors (Lipinski definition) is 1. The number of anilines is 2. The Bertz CT molecular complexity index is 1150. The Hall–Kier alpha value is -3.40. The minimum atomic E-state index is -0.530. The van der Waals surface area contributed by atoms with E-state index in [0.717, 1.165) is 11.3 Å². The summed E-state index contributed by atoms with van der Waals surface area (Å²) in [6.45, 7) is 3.68. The third-order valence-electron chi connectivity index (χ3n) is 3.86. The Morgan fingerprint density at radius 1 is 1.29 bits per heavy atom. The molecule has 8 nitrogen and oxygen atoms in total. The minimum absolute atomic E-state index is 0.198. The van der Waals surface area contributed by atoms with E-state index >= 15 is 0 Å². The van der Waals surface area contributed by atoms with Gasteiger partial charge in [0.25, 0.3) is 0 Å². The van der Waals surface area contributed by atoms with E-state index in [1.54, 1.807) is 30.5 Å². The lowest BCUT2D eigenvalue weighted by Crippen LogP contribution is -2.11. The van der Waals surface area contributed by atoms with Gasteiger partial charge < -0.3 is 10.1 Å². The summed E-state index contributed by atoms with van der Waals surface area (Å²) in [5.74, 6) is 0.204. The number of nitrogens with zero attached hydrogens (tertiary/aromatic N) is 5. The molecule has 0 aliphatic rings. The van der Waals surface area contributed by atoms with Crippen molar-refractivity contribution in [1.29, 1.82) is 0 Å². The maximum Gasteiger partial charge on any atom is 0.343 e. The number of aromatic nitrogens is 5. The average molecular weight is 398 g/mol. The largest absolute Gasteiger partial charge is 0.462 e. The number of halogens is 1. The summed E-state index contributed by atoms with van der Waals surface area (Å²) in [4.78, 5) is 25.5. The molecule has 0 bridgehead atoms. The van der Waals surface area contributed by atoms with Gasteiger partial charge in [-0.2, -0.15) is 4.98 Å². The number of benzene rings is 1. The topological polar surface area (TPSA) is 94.3 Å². The molecule has 0 saturated carbocycles. The second-order valence-electron chi connectivity index (χ2n) is 5.78. The Kier molecular flexibility index (Phi) is 4.70. The predicted octanol–water partition coefficient (Wildman–Crippen LogP) is 3.62. The van der Waals surface area contributed by atoms with E-state index in [1.165, 1.54) is 29.7 Å². The average Bonchev–Trinajstić information content (AvgIpc) is 3.23. The van der Waals surface area contributed by atoms with Crippen LogP contribution in [0.15, 0.2) is 35.8 Å². The zero-order valence-corrected chi connectivity index (χ0v) is 15.8. The van der Waals surface area contributed by atoms with Crippen LogP contribution >= 0.6 is 11.3 Å². The highest BCUT2D eigenvalue weighted by atomic mass is 32.1. The predicted molar refractivity (Wildman–Crippen MR) is 102 cm³/mol. The Labute approximate surface area is 163 Å². The molecule has 0 unspecified atom stereocenters. The summed E-state index contributed by atoms with van der Waals surface area (Å²) in [7, 11) is 0. The smallest absolute Gasteiger partial charge is 0.343 e. The number of thiazole rings is 1. The fraction of sp³-hybridized carbons (Fsp3) is 0.167. The molecule has 4 aromatic rings. The third kappa shape index (κ3) is 3.41. The number of hydrogen-bond acceptors (Lipinski definition) is 8. The van der Waals surface area contributed by atoms with Crippen LogP contribution in [0.4, 0.5) is 16.2 Å². The highest BCUT2D eigenvalue weighted by Crippen LogP contribution is 2.27. The summed E-state index contributed by atoms with van der Waals surface area (Å²) < 4.78 is 19.9. The first-order valence-electron chi connectivity index (χ1n) is 8.43. The van der Waals surface area contributed by atoms with Crippen LogP contribution in [0, 0.1) is 12.7 Å². The second kappa shape index (κ2) is 7.31. The molecule has 1 N–H and O–H groups in total. The van der Waals surface area contributed by atoms with Crippen LogP contribution in [0.5, 0.6) is 0 Å². The second-order valence-corrected chi connectivity index (χ2v) is 6.62. The summed E-state index contributed by atoms with van der Waals surface area (Å²) >= 11 is 1.40. The van der Waals surface area contributed by atoms with Crippen molar-refractivity contribution in [2.75, 3.05) is 11.9 Å². The van der Waals surface area contributed by atoms with Gasteiger partial charge in [-0.15, -0.1) is 16.4 Å². The van der Waals surface area contributed by atoms with Crippen molar-refractivity contribution < 1.29 is 13.9 Å². The van der Waals surface area contributed by atoms with Gasteiger partial charge in [0.2, 0.25) is 10.9 Å². The SMILES string of the molecule is CCOC(=O)c1cnc(C)nc1Nc1nc2scc(-c3ccc(F)cc3)n2n1. The molecule has 3 aromatic heterocycles. The molecular weight excluding hydrogens is 383 g/mol. The molecule has 10 heteroatoms. The van der Waals surface area contributed by atoms with Crippen LogP contribution in [0.3, 0.4) is 0 Å². The molecule has 142 valence electrons. The number of ether oxygens (including phenoxy) is 1. The van der Waals surface area contributed by atoms with E-state index in [2.05, 4.69) is 25.4 Å². The van der Waals surface area contributed by atoms with Crippen molar-refractivity contribution in [1.82, 2.24) is 24.6 Å². The van der Waals surface area contributed by atoms with Gasteiger partial charge in [0, 0.05) is 17.1 Å². The number of fused-ring (bicyclic) bond motifs is 1. The molecule has 0 aliphatic heterocycles. The molecule has 0 spiro atoms. The highest BCUT2D eigenvalue weighted by molar-refractivity contribution is 7.15. The first-order chi connectivity index (χ1) is 13.5. The summed E-state index contributed by atoms with van der Waals surface area (Å²) in [5, 5.41) is 9.30. The van der Waals surface area contributed by atoms with Gasteiger partial charge in [-0.05, 0) is 38.1 Å². The molecule has 28 heavy (non-hydrogen) atoms. The van der Waals surface area contributed by atoms with E-state index in [1.807, 2.05) is 5.38 Å². The number of carbonyl (C=O) groups excluding carboxylic acids is 1. The van der Waals surface area contributed by atoms with Crippen LogP contribution in [-0.4, -0.2) is 37.1 Å². The standard InChI is InChI=1S/C18H15FN6O2S/c1-3-27-16(26)13-8-20-10(2)21-15(13)22-17-23-18-25(24-17)14(9-28-18)11-4-6-12(19)7-5-11/h4-9H,3H2,1-2H3,(H,20,21,22,24). The fourth-order valence-electron chi connectivity index (χ4n) is 2.58. The molecule has 4 rings (SSSR count). The first-order valence-corrected chi connectivity index (χ1v) is 9.31. The quantitative estimate of drug-likeness (QED) is 0.513. The summed E-state index contributed by atoms with van der Waals surface area (Å²) in [5.41, 5.74) is 1.79. The van der Waals surface area contributed by atoms with E-state index < -0.39 is 5.97 Å². The maximum atomic E-state index is 13.2. The van der Waals surface area contributed by atoms with E-state index in [-0.39, 0.29) is 29.8 Å². The van der Waals surface area contributed by atoms with Gasteiger partial charge in [0.05, 0.1) is 12.3 Å². The maximum absolute atomic E-state index is 13.2. The highest BCUT2D eigenvalue weighted by Gasteiger charge is 2.18. The third-order valence-corrected chi connectivity index (χ3v) is 4.67. The van der Waals surface area contributed by atoms with E-state index in [9.17, 15) is 9.18 Å². The van der Waals surface area contributed by atoms with Crippen LogP contribution in [0.2, 0.25) is 0 Å². The van der Waals surface area contributed by atoms with Gasteiger partial charge in [0.15, 0.2) is 5.82 Å². The van der Waals surface area contributed by atoms with Crippen LogP contribution in [0.1, 0.15) is 23.1 Å². The fourth-order valence-corrected chi connectivity index (χ4v) is 3.41. The molecule has 0 atom stereocenters. The molecule has 1 aromatic carbocycles. The number of aryl methyl sites for hydroxylation is 1. The number of nitrogens with one attached hydrogen (secondary N) is 1. The van der Waals surface area contributed by atoms with Crippen molar-refractivity contribution in [3.8, 4) is 11.3 Å². The van der Waals surface area contributed by atoms with Crippen LogP contribution in [-0.2, 0) is 4.74 Å².